The number of fused-ring (bicyclic) bond motifs is 1. The molecular formula is C19H19N5O4S. The normalized spacial score (nSPS) is 15.1. The van der Waals surface area contributed by atoms with Crippen molar-refractivity contribution in [3.8, 4) is 22.9 Å². The molecule has 1 aliphatic rings. The molecule has 0 saturated carbocycles. The van der Waals surface area contributed by atoms with Gasteiger partial charge in [-0.1, -0.05) is 23.9 Å². The van der Waals surface area contributed by atoms with Crippen molar-refractivity contribution in [2.75, 3.05) is 26.0 Å². The molecule has 10 heteroatoms. The molecule has 150 valence electrons. The Morgan fingerprint density at radius 3 is 2.79 bits per heavy atom. The van der Waals surface area contributed by atoms with E-state index in [-0.39, 0.29) is 23.5 Å². The summed E-state index contributed by atoms with van der Waals surface area (Å²) < 4.78 is 13.1. The first-order valence-electron chi connectivity index (χ1n) is 8.93. The lowest BCUT2D eigenvalue weighted by Gasteiger charge is -2.29. The van der Waals surface area contributed by atoms with E-state index in [9.17, 15) is 9.90 Å². The van der Waals surface area contributed by atoms with E-state index < -0.39 is 0 Å². The van der Waals surface area contributed by atoms with E-state index in [4.69, 9.17) is 9.47 Å². The highest BCUT2D eigenvalue weighted by Crippen LogP contribution is 2.31. The fraction of sp³-hybridized carbons (Fsp3) is 0.263. The van der Waals surface area contributed by atoms with E-state index in [1.807, 2.05) is 24.3 Å². The van der Waals surface area contributed by atoms with Gasteiger partial charge in [0.15, 0.2) is 17.6 Å². The van der Waals surface area contributed by atoms with E-state index in [0.717, 1.165) is 0 Å². The molecule has 1 unspecified atom stereocenters. The molecule has 9 nitrogen and oxygen atoms in total. The Morgan fingerprint density at radius 1 is 1.24 bits per heavy atom. The number of rotatable bonds is 6. The van der Waals surface area contributed by atoms with Crippen LogP contribution < -0.4 is 9.47 Å². The Kier molecular flexibility index (Phi) is 5.52. The van der Waals surface area contributed by atoms with E-state index in [1.165, 1.54) is 16.4 Å². The lowest BCUT2D eigenvalue weighted by atomic mass is 10.2. The molecule has 0 aliphatic carbocycles. The maximum atomic E-state index is 12.5. The van der Waals surface area contributed by atoms with E-state index >= 15 is 0 Å². The molecule has 2 aromatic carbocycles. The summed E-state index contributed by atoms with van der Waals surface area (Å²) in [5.41, 5.74) is 0.697. The molecule has 29 heavy (non-hydrogen) atoms. The van der Waals surface area contributed by atoms with Crippen LogP contribution in [0.2, 0.25) is 0 Å². The number of carbonyl (C=O) groups excluding carboxylic acids is 1. The third-order valence-corrected chi connectivity index (χ3v) is 5.23. The predicted octanol–water partition coefficient (Wildman–Crippen LogP) is 1.76. The number of aromatic hydroxyl groups is 1. The molecule has 1 aliphatic heterocycles. The molecule has 2 heterocycles. The van der Waals surface area contributed by atoms with Crippen LogP contribution in [-0.4, -0.2) is 68.2 Å². The molecule has 1 atom stereocenters. The van der Waals surface area contributed by atoms with Gasteiger partial charge < -0.3 is 19.5 Å². The van der Waals surface area contributed by atoms with Gasteiger partial charge in [-0.3, -0.25) is 4.79 Å². The van der Waals surface area contributed by atoms with Crippen LogP contribution in [0.4, 0.5) is 0 Å². The van der Waals surface area contributed by atoms with Crippen molar-refractivity contribution in [1.29, 1.82) is 0 Å². The van der Waals surface area contributed by atoms with Gasteiger partial charge in [0.25, 0.3) is 0 Å². The van der Waals surface area contributed by atoms with E-state index in [1.54, 1.807) is 36.2 Å². The van der Waals surface area contributed by atoms with Gasteiger partial charge in [0.1, 0.15) is 12.4 Å². The highest BCUT2D eigenvalue weighted by molar-refractivity contribution is 7.99. The number of carbonyl (C=O) groups is 1. The molecule has 0 spiro atoms. The van der Waals surface area contributed by atoms with Crippen molar-refractivity contribution in [1.82, 2.24) is 25.1 Å². The zero-order valence-electron chi connectivity index (χ0n) is 15.6. The number of aromatic nitrogens is 4. The number of nitrogens with zero attached hydrogens (tertiary/aromatic N) is 5. The number of phenolic OH excluding ortho intramolecular Hbond substituents is 1. The Bertz CT molecular complexity index is 994. The topological polar surface area (TPSA) is 103 Å². The maximum absolute atomic E-state index is 12.5. The number of likely N-dealkylation sites (N-methyl/N-ethyl adjacent to an activating group) is 1. The lowest BCUT2D eigenvalue weighted by Crippen LogP contribution is -2.42. The number of ether oxygens (including phenoxy) is 2. The molecule has 0 saturated heterocycles. The first kappa shape index (κ1) is 19.1. The number of hydrogen-bond acceptors (Lipinski definition) is 8. The summed E-state index contributed by atoms with van der Waals surface area (Å²) in [4.78, 5) is 14.2. The summed E-state index contributed by atoms with van der Waals surface area (Å²) in [5.74, 6) is 1.67. The third kappa shape index (κ3) is 4.43. The zero-order valence-corrected chi connectivity index (χ0v) is 16.5. The molecule has 0 radical (unpaired) electrons. The van der Waals surface area contributed by atoms with Gasteiger partial charge in [0.2, 0.25) is 11.1 Å². The summed E-state index contributed by atoms with van der Waals surface area (Å²) in [6.07, 6.45) is -0.230. The van der Waals surface area contributed by atoms with Crippen LogP contribution >= 0.6 is 11.8 Å². The second-order valence-electron chi connectivity index (χ2n) is 6.45. The van der Waals surface area contributed by atoms with Gasteiger partial charge in [0, 0.05) is 7.05 Å². The molecule has 3 aromatic rings. The number of hydrogen-bond donors (Lipinski definition) is 1. The summed E-state index contributed by atoms with van der Waals surface area (Å²) in [5, 5.41) is 21.5. The minimum atomic E-state index is -0.230. The Hall–Kier alpha value is -3.27. The van der Waals surface area contributed by atoms with Crippen LogP contribution in [0, 0.1) is 0 Å². The Balaban J connectivity index is 1.32. The number of para-hydroxylation sites is 2. The number of phenols is 1. The minimum Gasteiger partial charge on any atom is -0.508 e. The van der Waals surface area contributed by atoms with Crippen LogP contribution in [0.5, 0.6) is 17.2 Å². The second kappa shape index (κ2) is 8.39. The predicted molar refractivity (Wildman–Crippen MR) is 106 cm³/mol. The van der Waals surface area contributed by atoms with Crippen LogP contribution in [0.1, 0.15) is 0 Å². The van der Waals surface area contributed by atoms with Gasteiger partial charge in [-0.15, -0.1) is 5.10 Å². The fourth-order valence-electron chi connectivity index (χ4n) is 2.82. The van der Waals surface area contributed by atoms with Crippen molar-refractivity contribution < 1.29 is 19.4 Å². The molecule has 1 amide bonds. The quantitative estimate of drug-likeness (QED) is 0.610. The molecule has 1 aromatic heterocycles. The molecule has 1 N–H and O–H groups in total. The van der Waals surface area contributed by atoms with Crippen molar-refractivity contribution in [3.63, 3.8) is 0 Å². The van der Waals surface area contributed by atoms with E-state index in [0.29, 0.717) is 35.5 Å². The van der Waals surface area contributed by atoms with E-state index in [2.05, 4.69) is 15.5 Å². The van der Waals surface area contributed by atoms with Crippen molar-refractivity contribution in [3.05, 3.63) is 48.5 Å². The first-order valence-corrected chi connectivity index (χ1v) is 9.92. The molecular weight excluding hydrogens is 394 g/mol. The van der Waals surface area contributed by atoms with Gasteiger partial charge in [0.05, 0.1) is 18.0 Å². The van der Waals surface area contributed by atoms with Crippen molar-refractivity contribution in [2.24, 2.45) is 0 Å². The average molecular weight is 413 g/mol. The Morgan fingerprint density at radius 2 is 2.00 bits per heavy atom. The minimum absolute atomic E-state index is 0.0716. The molecule has 0 fully saturated rings. The summed E-state index contributed by atoms with van der Waals surface area (Å²) >= 11 is 1.24. The van der Waals surface area contributed by atoms with Gasteiger partial charge in [-0.2, -0.15) is 4.68 Å². The first-order chi connectivity index (χ1) is 14.1. The SMILES string of the molecule is CN(CC1COc2ccccc2O1)C(=O)CSc1nnnn1-c1ccc(O)cc1. The standard InChI is InChI=1S/C19H19N5O4S/c1-23(10-15-11-27-16-4-2-3-5-17(16)28-15)18(26)12-29-19-20-21-22-24(19)13-6-8-14(25)9-7-13/h2-9,15,25H,10-12H2,1H3. The summed E-state index contributed by atoms with van der Waals surface area (Å²) in [6, 6.07) is 14.0. The highest BCUT2D eigenvalue weighted by atomic mass is 32.2. The van der Waals surface area contributed by atoms with Crippen LogP contribution in [0.15, 0.2) is 53.7 Å². The second-order valence-corrected chi connectivity index (χ2v) is 7.39. The van der Waals surface area contributed by atoms with Crippen LogP contribution in [0.25, 0.3) is 5.69 Å². The molecule has 4 rings (SSSR count). The third-order valence-electron chi connectivity index (χ3n) is 4.33. The molecule has 0 bridgehead atoms. The van der Waals surface area contributed by atoms with Crippen LogP contribution in [0.3, 0.4) is 0 Å². The number of tetrazole rings is 1. The lowest BCUT2D eigenvalue weighted by molar-refractivity contribution is -0.128. The Labute approximate surface area is 171 Å². The van der Waals surface area contributed by atoms with Gasteiger partial charge in [-0.25, -0.2) is 0 Å². The smallest absolute Gasteiger partial charge is 0.232 e. The number of benzene rings is 2. The summed E-state index contributed by atoms with van der Waals surface area (Å²) in [6.45, 7) is 0.803. The maximum Gasteiger partial charge on any atom is 0.232 e. The monoisotopic (exact) mass is 413 g/mol. The highest BCUT2D eigenvalue weighted by Gasteiger charge is 2.24. The van der Waals surface area contributed by atoms with Crippen molar-refractivity contribution >= 4 is 17.7 Å². The van der Waals surface area contributed by atoms with Gasteiger partial charge >= 0.3 is 0 Å². The van der Waals surface area contributed by atoms with Crippen LogP contribution in [-0.2, 0) is 4.79 Å². The largest absolute Gasteiger partial charge is 0.508 e. The van der Waals surface area contributed by atoms with Crippen molar-refractivity contribution in [2.45, 2.75) is 11.3 Å². The fourth-order valence-corrected chi connectivity index (χ4v) is 3.65. The number of thioether (sulfide) groups is 1. The van der Waals surface area contributed by atoms with Gasteiger partial charge in [-0.05, 0) is 46.8 Å². The summed E-state index contributed by atoms with van der Waals surface area (Å²) in [7, 11) is 1.73. The number of amides is 1. The zero-order chi connectivity index (χ0) is 20.2. The average Bonchev–Trinajstić information content (AvgIpc) is 3.21.